The van der Waals surface area contributed by atoms with E-state index in [-0.39, 0.29) is 12.3 Å². The van der Waals surface area contributed by atoms with Crippen LogP contribution in [-0.4, -0.2) is 39.6 Å². The number of halogens is 1. The lowest BCUT2D eigenvalue weighted by Gasteiger charge is -2.14. The fraction of sp³-hybridized carbons (Fsp3) is 0.462. The van der Waals surface area contributed by atoms with Crippen molar-refractivity contribution >= 4 is 17.5 Å². The number of methoxy groups -OCH3 is 2. The zero-order chi connectivity index (χ0) is 14.1. The number of hydrogen-bond acceptors (Lipinski definition) is 4. The summed E-state index contributed by atoms with van der Waals surface area (Å²) in [6.45, 7) is 0.616. The first-order valence-electron chi connectivity index (χ1n) is 5.86. The van der Waals surface area contributed by atoms with Crippen molar-refractivity contribution in [3.05, 3.63) is 29.3 Å². The van der Waals surface area contributed by atoms with E-state index in [1.807, 2.05) is 0 Å². The summed E-state index contributed by atoms with van der Waals surface area (Å²) in [7, 11) is 3.04. The fourth-order valence-corrected chi connectivity index (χ4v) is 1.47. The van der Waals surface area contributed by atoms with Crippen LogP contribution in [0.5, 0.6) is 5.75 Å². The number of amides is 1. The van der Waals surface area contributed by atoms with Crippen molar-refractivity contribution in [2.24, 2.45) is 0 Å². The Bertz CT molecular complexity index is 379. The Morgan fingerprint density at radius 3 is 2.47 bits per heavy atom. The topological polar surface area (TPSA) is 56.8 Å². The second-order valence-electron chi connectivity index (χ2n) is 3.76. The van der Waals surface area contributed by atoms with Gasteiger partial charge < -0.3 is 19.5 Å². The predicted molar refractivity (Wildman–Crippen MR) is 72.4 cm³/mol. The van der Waals surface area contributed by atoms with Crippen LogP contribution in [0.25, 0.3) is 0 Å². The van der Waals surface area contributed by atoms with Crippen LogP contribution in [-0.2, 0) is 14.3 Å². The first-order chi connectivity index (χ1) is 9.15. The van der Waals surface area contributed by atoms with Crippen LogP contribution in [0.1, 0.15) is 6.42 Å². The van der Waals surface area contributed by atoms with E-state index < -0.39 is 6.29 Å². The van der Waals surface area contributed by atoms with E-state index in [0.29, 0.717) is 23.9 Å². The van der Waals surface area contributed by atoms with Crippen LogP contribution in [0.2, 0.25) is 5.02 Å². The summed E-state index contributed by atoms with van der Waals surface area (Å²) < 4.78 is 15.3. The lowest BCUT2D eigenvalue weighted by Crippen LogP contribution is -2.34. The largest absolute Gasteiger partial charge is 0.493 e. The lowest BCUT2D eigenvalue weighted by atomic mass is 10.3. The number of rotatable bonds is 8. The van der Waals surface area contributed by atoms with E-state index in [4.69, 9.17) is 25.8 Å². The van der Waals surface area contributed by atoms with Gasteiger partial charge in [0.25, 0.3) is 0 Å². The number of ether oxygens (including phenoxy) is 3. The minimum atomic E-state index is -0.430. The van der Waals surface area contributed by atoms with Gasteiger partial charge in [-0.3, -0.25) is 4.79 Å². The molecule has 0 atom stereocenters. The van der Waals surface area contributed by atoms with E-state index in [2.05, 4.69) is 5.32 Å². The summed E-state index contributed by atoms with van der Waals surface area (Å²) in [6, 6.07) is 6.98. The molecule has 0 saturated heterocycles. The molecule has 1 aromatic carbocycles. The zero-order valence-electron chi connectivity index (χ0n) is 11.0. The third-order valence-corrected chi connectivity index (χ3v) is 2.66. The maximum Gasteiger partial charge on any atom is 0.223 e. The number of benzene rings is 1. The molecule has 0 unspecified atom stereocenters. The van der Waals surface area contributed by atoms with Gasteiger partial charge in [-0.15, -0.1) is 0 Å². The highest BCUT2D eigenvalue weighted by molar-refractivity contribution is 6.30. The van der Waals surface area contributed by atoms with Gasteiger partial charge in [0.05, 0.1) is 19.6 Å². The summed E-state index contributed by atoms with van der Waals surface area (Å²) in [5.41, 5.74) is 0. The molecule has 5 nitrogen and oxygen atoms in total. The number of carbonyl (C=O) groups excluding carboxylic acids is 1. The fourth-order valence-electron chi connectivity index (χ4n) is 1.34. The minimum absolute atomic E-state index is 0.118. The Kier molecular flexibility index (Phi) is 7.25. The molecule has 1 aromatic rings. The van der Waals surface area contributed by atoms with Gasteiger partial charge in [-0.2, -0.15) is 0 Å². The van der Waals surface area contributed by atoms with Crippen LogP contribution < -0.4 is 10.1 Å². The molecular weight excluding hydrogens is 270 g/mol. The van der Waals surface area contributed by atoms with E-state index in [9.17, 15) is 4.79 Å². The maximum absolute atomic E-state index is 11.5. The first-order valence-corrected chi connectivity index (χ1v) is 6.24. The molecule has 0 aromatic heterocycles. The second-order valence-corrected chi connectivity index (χ2v) is 4.19. The molecule has 106 valence electrons. The van der Waals surface area contributed by atoms with Crippen molar-refractivity contribution < 1.29 is 19.0 Å². The summed E-state index contributed by atoms with van der Waals surface area (Å²) >= 11 is 5.75. The Hall–Kier alpha value is -1.30. The molecule has 1 N–H and O–H groups in total. The van der Waals surface area contributed by atoms with E-state index in [1.54, 1.807) is 24.3 Å². The molecule has 1 amide bonds. The quantitative estimate of drug-likeness (QED) is 0.741. The molecule has 0 heterocycles. The molecule has 19 heavy (non-hydrogen) atoms. The molecule has 0 aliphatic carbocycles. The van der Waals surface area contributed by atoms with Gasteiger partial charge >= 0.3 is 0 Å². The van der Waals surface area contributed by atoms with Crippen molar-refractivity contribution in [1.29, 1.82) is 0 Å². The highest BCUT2D eigenvalue weighted by Gasteiger charge is 2.07. The third-order valence-electron chi connectivity index (χ3n) is 2.40. The van der Waals surface area contributed by atoms with Crippen molar-refractivity contribution in [2.75, 3.05) is 27.4 Å². The maximum atomic E-state index is 11.5. The molecule has 0 saturated carbocycles. The number of hydrogen-bond donors (Lipinski definition) is 1. The van der Waals surface area contributed by atoms with Crippen LogP contribution in [0.3, 0.4) is 0 Å². The van der Waals surface area contributed by atoms with Gasteiger partial charge in [0.1, 0.15) is 5.75 Å². The summed E-state index contributed by atoms with van der Waals surface area (Å²) in [6.07, 6.45) is -0.163. The van der Waals surface area contributed by atoms with Gasteiger partial charge in [0, 0.05) is 19.2 Å². The second kappa shape index (κ2) is 8.74. The standard InChI is InChI=1S/C13H18ClNO4/c1-17-13(18-2)9-15-12(16)7-8-19-11-5-3-10(14)4-6-11/h3-6,13H,7-9H2,1-2H3,(H,15,16). The third kappa shape index (κ3) is 6.42. The van der Waals surface area contributed by atoms with E-state index >= 15 is 0 Å². The lowest BCUT2D eigenvalue weighted by molar-refractivity contribution is -0.127. The smallest absolute Gasteiger partial charge is 0.223 e. The molecule has 0 radical (unpaired) electrons. The Balaban J connectivity index is 2.18. The van der Waals surface area contributed by atoms with Crippen molar-refractivity contribution in [3.63, 3.8) is 0 Å². The van der Waals surface area contributed by atoms with Gasteiger partial charge in [-0.1, -0.05) is 11.6 Å². The molecule has 0 bridgehead atoms. The molecule has 0 aliphatic heterocycles. The van der Waals surface area contributed by atoms with Crippen LogP contribution in [0.15, 0.2) is 24.3 Å². The molecule has 0 fully saturated rings. The average molecular weight is 288 g/mol. The Morgan fingerprint density at radius 1 is 1.26 bits per heavy atom. The van der Waals surface area contributed by atoms with Crippen LogP contribution in [0.4, 0.5) is 0 Å². The van der Waals surface area contributed by atoms with E-state index in [0.717, 1.165) is 0 Å². The average Bonchev–Trinajstić information content (AvgIpc) is 2.42. The Labute approximate surface area is 117 Å². The monoisotopic (exact) mass is 287 g/mol. The normalized spacial score (nSPS) is 10.5. The summed E-state index contributed by atoms with van der Waals surface area (Å²) in [5.74, 6) is 0.567. The van der Waals surface area contributed by atoms with E-state index in [1.165, 1.54) is 14.2 Å². The predicted octanol–water partition coefficient (Wildman–Crippen LogP) is 1.84. The molecule has 0 spiro atoms. The number of nitrogens with one attached hydrogen (secondary N) is 1. The van der Waals surface area contributed by atoms with Crippen LogP contribution >= 0.6 is 11.6 Å². The summed E-state index contributed by atoms with van der Waals surface area (Å²) in [4.78, 5) is 11.5. The Morgan fingerprint density at radius 2 is 1.89 bits per heavy atom. The van der Waals surface area contributed by atoms with Crippen LogP contribution in [0, 0.1) is 0 Å². The molecule has 1 rings (SSSR count). The van der Waals surface area contributed by atoms with Crippen molar-refractivity contribution in [1.82, 2.24) is 5.32 Å². The molecule has 6 heteroatoms. The highest BCUT2D eigenvalue weighted by Crippen LogP contribution is 2.15. The number of carbonyl (C=O) groups is 1. The summed E-state index contributed by atoms with van der Waals surface area (Å²) in [5, 5.41) is 3.34. The molecular formula is C13H18ClNO4. The van der Waals surface area contributed by atoms with Gasteiger partial charge in [-0.25, -0.2) is 0 Å². The first kappa shape index (κ1) is 15.8. The van der Waals surface area contributed by atoms with Gasteiger partial charge in [0.2, 0.25) is 5.91 Å². The SMILES string of the molecule is COC(CNC(=O)CCOc1ccc(Cl)cc1)OC. The van der Waals surface area contributed by atoms with Crippen molar-refractivity contribution in [2.45, 2.75) is 12.7 Å². The minimum Gasteiger partial charge on any atom is -0.493 e. The van der Waals surface area contributed by atoms with Gasteiger partial charge in [0.15, 0.2) is 6.29 Å². The highest BCUT2D eigenvalue weighted by atomic mass is 35.5. The molecule has 0 aliphatic rings. The van der Waals surface area contributed by atoms with Gasteiger partial charge in [-0.05, 0) is 24.3 Å². The zero-order valence-corrected chi connectivity index (χ0v) is 11.8. The van der Waals surface area contributed by atoms with Crippen molar-refractivity contribution in [3.8, 4) is 5.75 Å².